The predicted molar refractivity (Wildman–Crippen MR) is 73.1 cm³/mol. The fourth-order valence-electron chi connectivity index (χ4n) is 1.47. The maximum atomic E-state index is 3.13. The van der Waals surface area contributed by atoms with E-state index in [1.807, 2.05) is 0 Å². The molecule has 0 spiro atoms. The molecule has 0 rings (SSSR count). The van der Waals surface area contributed by atoms with Crippen LogP contribution in [0.3, 0.4) is 0 Å². The summed E-state index contributed by atoms with van der Waals surface area (Å²) in [5, 5.41) is 0. The Balaban J connectivity index is 3.23. The van der Waals surface area contributed by atoms with E-state index in [-0.39, 0.29) is 0 Å². The fourth-order valence-corrected chi connectivity index (χ4v) is 1.47. The molecule has 0 N–H and O–H groups in total. The van der Waals surface area contributed by atoms with E-state index in [0.29, 0.717) is 0 Å². The van der Waals surface area contributed by atoms with E-state index in [9.17, 15) is 0 Å². The van der Waals surface area contributed by atoms with Crippen LogP contribution in [0.4, 0.5) is 0 Å². The van der Waals surface area contributed by atoms with Crippen molar-refractivity contribution in [1.29, 1.82) is 0 Å². The molecule has 0 saturated carbocycles. The fraction of sp³-hybridized carbons (Fsp3) is 0.750. The van der Waals surface area contributed by atoms with Crippen LogP contribution < -0.4 is 0 Å². The first-order valence-electron chi connectivity index (χ1n) is 6.87. The lowest BCUT2D eigenvalue weighted by atomic mass is 10.1. The molecule has 0 aliphatic heterocycles. The molecule has 0 saturated heterocycles. The molecule has 0 atom stereocenters. The molecule has 90 valence electrons. The standard InChI is InChI=1S/C16H26/c1-3-5-7-9-11-13-15-16-14-12-10-8-6-4-2/h3-9,11,13,15H2,1-2H3. The first-order chi connectivity index (χ1) is 7.91. The molecule has 0 aromatic carbocycles. The average molecular weight is 218 g/mol. The zero-order chi connectivity index (χ0) is 11.9. The van der Waals surface area contributed by atoms with Crippen molar-refractivity contribution in [3.05, 3.63) is 0 Å². The molecule has 0 fully saturated rings. The van der Waals surface area contributed by atoms with E-state index >= 15 is 0 Å². The second-order valence-corrected chi connectivity index (χ2v) is 4.22. The minimum Gasteiger partial charge on any atom is -0.0891 e. The molecular weight excluding hydrogens is 192 g/mol. The number of hydrogen-bond donors (Lipinski definition) is 0. The van der Waals surface area contributed by atoms with Crippen molar-refractivity contribution < 1.29 is 0 Å². The second kappa shape index (κ2) is 14.1. The van der Waals surface area contributed by atoms with Gasteiger partial charge >= 0.3 is 0 Å². The van der Waals surface area contributed by atoms with Crippen molar-refractivity contribution in [2.75, 3.05) is 0 Å². The molecule has 0 heteroatoms. The summed E-state index contributed by atoms with van der Waals surface area (Å²) in [6.07, 6.45) is 12.5. The third-order valence-electron chi connectivity index (χ3n) is 2.55. The van der Waals surface area contributed by atoms with Crippen LogP contribution in [0.2, 0.25) is 0 Å². The molecular formula is C16H26. The summed E-state index contributed by atoms with van der Waals surface area (Å²) in [6.45, 7) is 4.44. The van der Waals surface area contributed by atoms with E-state index in [0.717, 1.165) is 12.8 Å². The summed E-state index contributed by atoms with van der Waals surface area (Å²) >= 11 is 0. The SMILES string of the molecule is CCCCC#CC#CCCCCCCCC. The highest BCUT2D eigenvalue weighted by atomic mass is 13.9. The highest BCUT2D eigenvalue weighted by Gasteiger charge is 1.87. The normalized spacial score (nSPS) is 8.88. The largest absolute Gasteiger partial charge is 0.0891 e. The van der Waals surface area contributed by atoms with Crippen molar-refractivity contribution in [2.45, 2.75) is 78.1 Å². The molecule has 0 aliphatic rings. The third-order valence-corrected chi connectivity index (χ3v) is 2.55. The summed E-state index contributed by atoms with van der Waals surface area (Å²) in [4.78, 5) is 0. The van der Waals surface area contributed by atoms with Gasteiger partial charge in [0, 0.05) is 12.8 Å². The Morgan fingerprint density at radius 1 is 0.562 bits per heavy atom. The molecule has 0 aliphatic carbocycles. The monoisotopic (exact) mass is 218 g/mol. The van der Waals surface area contributed by atoms with E-state index < -0.39 is 0 Å². The lowest BCUT2D eigenvalue weighted by Gasteiger charge is -1.96. The third kappa shape index (κ3) is 13.1. The van der Waals surface area contributed by atoms with E-state index in [1.165, 1.54) is 51.4 Å². The summed E-state index contributed by atoms with van der Waals surface area (Å²) in [5.74, 6) is 12.1. The second-order valence-electron chi connectivity index (χ2n) is 4.22. The van der Waals surface area contributed by atoms with Crippen LogP contribution in [0.25, 0.3) is 0 Å². The van der Waals surface area contributed by atoms with Gasteiger partial charge in [-0.2, -0.15) is 0 Å². The summed E-state index contributed by atoms with van der Waals surface area (Å²) in [5.41, 5.74) is 0. The van der Waals surface area contributed by atoms with Gasteiger partial charge in [-0.1, -0.05) is 64.2 Å². The molecule has 0 bridgehead atoms. The Morgan fingerprint density at radius 2 is 1.06 bits per heavy atom. The Kier molecular flexibility index (Phi) is 13.3. The van der Waals surface area contributed by atoms with Crippen LogP contribution >= 0.6 is 0 Å². The van der Waals surface area contributed by atoms with Gasteiger partial charge in [-0.25, -0.2) is 0 Å². The van der Waals surface area contributed by atoms with Gasteiger partial charge in [0.2, 0.25) is 0 Å². The van der Waals surface area contributed by atoms with Crippen LogP contribution in [0.5, 0.6) is 0 Å². The van der Waals surface area contributed by atoms with Crippen molar-refractivity contribution >= 4 is 0 Å². The maximum Gasteiger partial charge on any atom is 0.00989 e. The maximum absolute atomic E-state index is 3.13. The number of hydrogen-bond acceptors (Lipinski definition) is 0. The van der Waals surface area contributed by atoms with E-state index in [1.54, 1.807) is 0 Å². The quantitative estimate of drug-likeness (QED) is 0.400. The van der Waals surface area contributed by atoms with Gasteiger partial charge in [0.1, 0.15) is 0 Å². The first-order valence-corrected chi connectivity index (χ1v) is 6.87. The summed E-state index contributed by atoms with van der Waals surface area (Å²) < 4.78 is 0. The number of rotatable bonds is 8. The zero-order valence-electron chi connectivity index (χ0n) is 11.1. The van der Waals surface area contributed by atoms with E-state index in [4.69, 9.17) is 0 Å². The predicted octanol–water partition coefficient (Wildman–Crippen LogP) is 4.93. The van der Waals surface area contributed by atoms with Gasteiger partial charge in [0.05, 0.1) is 0 Å². The van der Waals surface area contributed by atoms with Gasteiger partial charge in [-0.3, -0.25) is 0 Å². The molecule has 0 aromatic heterocycles. The van der Waals surface area contributed by atoms with Crippen LogP contribution in [-0.4, -0.2) is 0 Å². The number of unbranched alkanes of at least 4 members (excludes halogenated alkanes) is 8. The highest BCUT2D eigenvalue weighted by molar-refractivity contribution is 5.25. The molecule has 0 amide bonds. The van der Waals surface area contributed by atoms with Crippen LogP contribution in [0.15, 0.2) is 0 Å². The molecule has 0 unspecified atom stereocenters. The van der Waals surface area contributed by atoms with Gasteiger partial charge < -0.3 is 0 Å². The van der Waals surface area contributed by atoms with Crippen molar-refractivity contribution in [2.24, 2.45) is 0 Å². The van der Waals surface area contributed by atoms with Crippen molar-refractivity contribution in [1.82, 2.24) is 0 Å². The van der Waals surface area contributed by atoms with Crippen LogP contribution in [-0.2, 0) is 0 Å². The average Bonchev–Trinajstić information content (AvgIpc) is 2.31. The van der Waals surface area contributed by atoms with E-state index in [2.05, 4.69) is 37.5 Å². The van der Waals surface area contributed by atoms with Crippen molar-refractivity contribution in [3.63, 3.8) is 0 Å². The minimum atomic E-state index is 1.00. The summed E-state index contributed by atoms with van der Waals surface area (Å²) in [6, 6.07) is 0. The van der Waals surface area contributed by atoms with Gasteiger partial charge in [0.25, 0.3) is 0 Å². The van der Waals surface area contributed by atoms with Gasteiger partial charge in [-0.15, -0.1) is 0 Å². The van der Waals surface area contributed by atoms with Crippen LogP contribution in [0.1, 0.15) is 78.1 Å². The van der Waals surface area contributed by atoms with Gasteiger partial charge in [0.15, 0.2) is 0 Å². The molecule has 0 heterocycles. The molecule has 0 radical (unpaired) electrons. The lowest BCUT2D eigenvalue weighted by Crippen LogP contribution is -1.77. The van der Waals surface area contributed by atoms with Gasteiger partial charge in [-0.05, 0) is 24.7 Å². The first kappa shape index (κ1) is 15.1. The Morgan fingerprint density at radius 3 is 1.69 bits per heavy atom. The minimum absolute atomic E-state index is 1.00. The Labute approximate surface area is 102 Å². The lowest BCUT2D eigenvalue weighted by molar-refractivity contribution is 0.614. The topological polar surface area (TPSA) is 0 Å². The highest BCUT2D eigenvalue weighted by Crippen LogP contribution is 2.05. The van der Waals surface area contributed by atoms with Crippen molar-refractivity contribution in [3.8, 4) is 23.7 Å². The smallest absolute Gasteiger partial charge is 0.00989 e. The molecule has 0 aromatic rings. The summed E-state index contributed by atoms with van der Waals surface area (Å²) in [7, 11) is 0. The zero-order valence-corrected chi connectivity index (χ0v) is 11.1. The Bertz CT molecular complexity index is 241. The molecule has 16 heavy (non-hydrogen) atoms. The van der Waals surface area contributed by atoms with Crippen LogP contribution in [0, 0.1) is 23.7 Å². The molecule has 0 nitrogen and oxygen atoms in total. The Hall–Kier alpha value is -0.880.